The van der Waals surface area contributed by atoms with Crippen molar-refractivity contribution in [3.63, 3.8) is 0 Å². The van der Waals surface area contributed by atoms with Gasteiger partial charge in [0, 0.05) is 0 Å². The standard InChI is InChI=1S/C15H14N6O3S/c1-10-5-2-3-6-11(10)21-15(18-19-20-21)25-9-13(22)16-17-14(23)12-7-4-8-24-12/h2-8H,9H2,1H3,(H,16,22)(H,17,23). The fourth-order valence-corrected chi connectivity index (χ4v) is 2.67. The van der Waals surface area contributed by atoms with E-state index in [0.717, 1.165) is 23.0 Å². The Morgan fingerprint density at radius 2 is 2.04 bits per heavy atom. The van der Waals surface area contributed by atoms with Crippen LogP contribution in [-0.2, 0) is 4.79 Å². The summed E-state index contributed by atoms with van der Waals surface area (Å²) in [7, 11) is 0. The minimum Gasteiger partial charge on any atom is -0.459 e. The van der Waals surface area contributed by atoms with Gasteiger partial charge in [0.1, 0.15) is 0 Å². The molecule has 10 heteroatoms. The van der Waals surface area contributed by atoms with Crippen LogP contribution in [0, 0.1) is 6.92 Å². The van der Waals surface area contributed by atoms with Crippen LogP contribution in [0.5, 0.6) is 0 Å². The SMILES string of the molecule is Cc1ccccc1-n1nnnc1SCC(=O)NNC(=O)c1ccco1. The third-order valence-corrected chi connectivity index (χ3v) is 4.10. The number of aromatic nitrogens is 4. The number of furan rings is 1. The van der Waals surface area contributed by atoms with Gasteiger partial charge in [0.2, 0.25) is 11.1 Å². The molecule has 0 bridgehead atoms. The molecule has 0 aliphatic heterocycles. The number of amides is 2. The van der Waals surface area contributed by atoms with Gasteiger partial charge in [-0.1, -0.05) is 30.0 Å². The summed E-state index contributed by atoms with van der Waals surface area (Å²) < 4.78 is 6.49. The molecule has 2 aromatic heterocycles. The molecule has 2 N–H and O–H groups in total. The molecular formula is C15H14N6O3S. The lowest BCUT2D eigenvalue weighted by Gasteiger charge is -2.07. The van der Waals surface area contributed by atoms with Crippen LogP contribution >= 0.6 is 11.8 Å². The molecule has 2 heterocycles. The van der Waals surface area contributed by atoms with Crippen LogP contribution in [0.25, 0.3) is 5.69 Å². The van der Waals surface area contributed by atoms with Gasteiger partial charge in [-0.05, 0) is 41.1 Å². The first-order valence-electron chi connectivity index (χ1n) is 7.25. The Kier molecular flexibility index (Phi) is 5.09. The second-order valence-corrected chi connectivity index (χ2v) is 5.87. The zero-order chi connectivity index (χ0) is 17.6. The van der Waals surface area contributed by atoms with E-state index in [9.17, 15) is 9.59 Å². The molecule has 0 unspecified atom stereocenters. The Labute approximate surface area is 146 Å². The average Bonchev–Trinajstić information content (AvgIpc) is 3.30. The van der Waals surface area contributed by atoms with E-state index in [-0.39, 0.29) is 11.5 Å². The van der Waals surface area contributed by atoms with Crippen LogP contribution in [0.4, 0.5) is 0 Å². The van der Waals surface area contributed by atoms with Crippen molar-refractivity contribution in [3.8, 4) is 5.69 Å². The lowest BCUT2D eigenvalue weighted by molar-refractivity contribution is -0.119. The van der Waals surface area contributed by atoms with Crippen LogP contribution in [0.2, 0.25) is 0 Å². The highest BCUT2D eigenvalue weighted by molar-refractivity contribution is 7.99. The summed E-state index contributed by atoms with van der Waals surface area (Å²) in [4.78, 5) is 23.5. The van der Waals surface area contributed by atoms with Gasteiger partial charge >= 0.3 is 5.91 Å². The summed E-state index contributed by atoms with van der Waals surface area (Å²) in [6.45, 7) is 1.95. The third-order valence-electron chi connectivity index (χ3n) is 3.18. The predicted molar refractivity (Wildman–Crippen MR) is 88.9 cm³/mol. The number of carbonyl (C=O) groups is 2. The molecule has 3 rings (SSSR count). The summed E-state index contributed by atoms with van der Waals surface area (Å²) in [6, 6.07) is 10.7. The van der Waals surface area contributed by atoms with Gasteiger partial charge < -0.3 is 4.42 Å². The van der Waals surface area contributed by atoms with Crippen LogP contribution in [0.1, 0.15) is 16.1 Å². The van der Waals surface area contributed by atoms with Crippen LogP contribution < -0.4 is 10.9 Å². The molecular weight excluding hydrogens is 344 g/mol. The largest absolute Gasteiger partial charge is 0.459 e. The molecule has 25 heavy (non-hydrogen) atoms. The van der Waals surface area contributed by atoms with E-state index in [1.165, 1.54) is 12.3 Å². The minimum atomic E-state index is -0.534. The summed E-state index contributed by atoms with van der Waals surface area (Å²) in [5, 5.41) is 12.0. The van der Waals surface area contributed by atoms with Crippen molar-refractivity contribution in [1.29, 1.82) is 0 Å². The fourth-order valence-electron chi connectivity index (χ4n) is 1.98. The molecule has 2 amide bonds. The van der Waals surface area contributed by atoms with Gasteiger partial charge in [0.25, 0.3) is 0 Å². The maximum atomic E-state index is 11.9. The Hall–Kier alpha value is -3.14. The van der Waals surface area contributed by atoms with Crippen molar-refractivity contribution in [2.75, 3.05) is 5.75 Å². The highest BCUT2D eigenvalue weighted by Crippen LogP contribution is 2.19. The topological polar surface area (TPSA) is 115 Å². The highest BCUT2D eigenvalue weighted by Gasteiger charge is 2.14. The van der Waals surface area contributed by atoms with Gasteiger partial charge in [-0.3, -0.25) is 20.4 Å². The molecule has 128 valence electrons. The Bertz CT molecular complexity index is 877. The molecule has 1 aromatic carbocycles. The number of benzene rings is 1. The molecule has 0 atom stereocenters. The molecule has 0 saturated carbocycles. The number of para-hydroxylation sites is 1. The number of nitrogens with zero attached hydrogens (tertiary/aromatic N) is 4. The number of thioether (sulfide) groups is 1. The maximum absolute atomic E-state index is 11.9. The summed E-state index contributed by atoms with van der Waals surface area (Å²) in [5.41, 5.74) is 6.41. The molecule has 3 aromatic rings. The van der Waals surface area contributed by atoms with Gasteiger partial charge in [0.15, 0.2) is 5.76 Å². The van der Waals surface area contributed by atoms with E-state index in [1.807, 2.05) is 31.2 Å². The van der Waals surface area contributed by atoms with E-state index in [1.54, 1.807) is 10.7 Å². The van der Waals surface area contributed by atoms with Crippen molar-refractivity contribution >= 4 is 23.6 Å². The van der Waals surface area contributed by atoms with Crippen LogP contribution in [0.3, 0.4) is 0 Å². The summed E-state index contributed by atoms with van der Waals surface area (Å²) in [5.74, 6) is -0.793. The van der Waals surface area contributed by atoms with Crippen LogP contribution in [0.15, 0.2) is 52.2 Å². The van der Waals surface area contributed by atoms with Gasteiger partial charge in [-0.2, -0.15) is 4.68 Å². The fraction of sp³-hybridized carbons (Fsp3) is 0.133. The number of carbonyl (C=O) groups excluding carboxylic acids is 2. The Morgan fingerprint density at radius 3 is 2.80 bits per heavy atom. The first-order chi connectivity index (χ1) is 12.1. The Balaban J connectivity index is 1.56. The second kappa shape index (κ2) is 7.62. The van der Waals surface area contributed by atoms with E-state index in [4.69, 9.17) is 4.42 Å². The molecule has 0 spiro atoms. The van der Waals surface area contributed by atoms with Gasteiger partial charge in [0.05, 0.1) is 17.7 Å². The molecule has 0 aliphatic carbocycles. The van der Waals surface area contributed by atoms with Crippen LogP contribution in [-0.4, -0.2) is 37.8 Å². The quantitative estimate of drug-likeness (QED) is 0.519. The second-order valence-electron chi connectivity index (χ2n) is 4.93. The van der Waals surface area contributed by atoms with Crippen molar-refractivity contribution in [1.82, 2.24) is 31.1 Å². The molecule has 9 nitrogen and oxygen atoms in total. The summed E-state index contributed by atoms with van der Waals surface area (Å²) >= 11 is 1.15. The monoisotopic (exact) mass is 358 g/mol. The molecule has 0 saturated heterocycles. The first-order valence-corrected chi connectivity index (χ1v) is 8.23. The van der Waals surface area contributed by atoms with Gasteiger partial charge in [-0.15, -0.1) is 5.10 Å². The minimum absolute atomic E-state index is 0.0324. The number of rotatable bonds is 5. The number of tetrazole rings is 1. The average molecular weight is 358 g/mol. The predicted octanol–water partition coefficient (Wildman–Crippen LogP) is 1.12. The normalized spacial score (nSPS) is 10.4. The van der Waals surface area contributed by atoms with E-state index in [0.29, 0.717) is 5.16 Å². The number of nitrogens with one attached hydrogen (secondary N) is 2. The van der Waals surface area contributed by atoms with Crippen molar-refractivity contribution in [2.24, 2.45) is 0 Å². The van der Waals surface area contributed by atoms with E-state index in [2.05, 4.69) is 26.4 Å². The zero-order valence-electron chi connectivity index (χ0n) is 13.2. The van der Waals surface area contributed by atoms with Crippen molar-refractivity contribution in [3.05, 3.63) is 54.0 Å². The number of hydrogen-bond donors (Lipinski definition) is 2. The zero-order valence-corrected chi connectivity index (χ0v) is 14.0. The number of hydrazine groups is 1. The maximum Gasteiger partial charge on any atom is 0.305 e. The highest BCUT2D eigenvalue weighted by atomic mass is 32.2. The third kappa shape index (κ3) is 4.04. The van der Waals surface area contributed by atoms with E-state index >= 15 is 0 Å². The smallest absolute Gasteiger partial charge is 0.305 e. The number of aryl methyl sites for hydroxylation is 1. The lowest BCUT2D eigenvalue weighted by atomic mass is 10.2. The molecule has 0 aliphatic rings. The van der Waals surface area contributed by atoms with E-state index < -0.39 is 11.8 Å². The van der Waals surface area contributed by atoms with Crippen molar-refractivity contribution in [2.45, 2.75) is 12.1 Å². The molecule has 0 fully saturated rings. The first kappa shape index (κ1) is 16.7. The van der Waals surface area contributed by atoms with Gasteiger partial charge in [-0.25, -0.2) is 0 Å². The molecule has 0 radical (unpaired) electrons. The number of hydrogen-bond acceptors (Lipinski definition) is 7. The Morgan fingerprint density at radius 1 is 1.20 bits per heavy atom. The summed E-state index contributed by atoms with van der Waals surface area (Å²) in [6.07, 6.45) is 1.37. The lowest BCUT2D eigenvalue weighted by Crippen LogP contribution is -2.42. The van der Waals surface area contributed by atoms with Crippen molar-refractivity contribution < 1.29 is 14.0 Å².